The van der Waals surface area contributed by atoms with Gasteiger partial charge in [0, 0.05) is 37.3 Å². The van der Waals surface area contributed by atoms with Gasteiger partial charge in [0.15, 0.2) is 0 Å². The molecule has 0 fully saturated rings. The Bertz CT molecular complexity index is 1150. The van der Waals surface area contributed by atoms with Gasteiger partial charge < -0.3 is 14.8 Å². The van der Waals surface area contributed by atoms with E-state index in [1.165, 1.54) is 10.6 Å². The molecule has 3 rings (SSSR count). The molecule has 1 aromatic heterocycles. The zero-order valence-electron chi connectivity index (χ0n) is 16.5. The van der Waals surface area contributed by atoms with E-state index in [4.69, 9.17) is 11.6 Å². The number of aryl methyl sites for hydroxylation is 1. The number of rotatable bonds is 5. The Morgan fingerprint density at radius 1 is 1.03 bits per heavy atom. The lowest BCUT2D eigenvalue weighted by Crippen LogP contribution is -2.30. The van der Waals surface area contributed by atoms with Crippen molar-refractivity contribution >= 4 is 40.0 Å². The Morgan fingerprint density at radius 2 is 1.72 bits per heavy atom. The van der Waals surface area contributed by atoms with E-state index < -0.39 is 5.91 Å². The van der Waals surface area contributed by atoms with Crippen LogP contribution in [0.1, 0.15) is 34.6 Å². The number of para-hydroxylation sites is 1. The van der Waals surface area contributed by atoms with E-state index in [0.717, 1.165) is 0 Å². The van der Waals surface area contributed by atoms with Crippen LogP contribution in [-0.4, -0.2) is 34.4 Å². The Kier molecular flexibility index (Phi) is 6.03. The van der Waals surface area contributed by atoms with Gasteiger partial charge in [0.2, 0.25) is 0 Å². The highest BCUT2D eigenvalue weighted by molar-refractivity contribution is 6.34. The van der Waals surface area contributed by atoms with Crippen molar-refractivity contribution in [1.29, 1.82) is 0 Å². The van der Waals surface area contributed by atoms with E-state index in [0.29, 0.717) is 35.2 Å². The lowest BCUT2D eigenvalue weighted by molar-refractivity contribution is 0.0773. The van der Waals surface area contributed by atoms with Crippen LogP contribution in [0, 0.1) is 0 Å². The fourth-order valence-corrected chi connectivity index (χ4v) is 3.51. The smallest absolute Gasteiger partial charge is 0.256 e. The van der Waals surface area contributed by atoms with Gasteiger partial charge in [-0.2, -0.15) is 0 Å². The number of nitrogens with zero attached hydrogens (tertiary/aromatic N) is 2. The normalized spacial score (nSPS) is 10.8. The maximum atomic E-state index is 12.8. The maximum absolute atomic E-state index is 12.8. The number of pyridine rings is 1. The molecule has 0 aliphatic rings. The summed E-state index contributed by atoms with van der Waals surface area (Å²) in [6, 6.07) is 13.3. The molecule has 29 heavy (non-hydrogen) atoms. The van der Waals surface area contributed by atoms with E-state index in [1.807, 2.05) is 26.0 Å². The molecule has 2 amide bonds. The quantitative estimate of drug-likeness (QED) is 0.691. The average Bonchev–Trinajstić information content (AvgIpc) is 2.71. The van der Waals surface area contributed by atoms with Gasteiger partial charge >= 0.3 is 0 Å². The third kappa shape index (κ3) is 4.03. The molecule has 0 bridgehead atoms. The zero-order valence-corrected chi connectivity index (χ0v) is 17.3. The highest BCUT2D eigenvalue weighted by atomic mass is 35.5. The number of amides is 2. The van der Waals surface area contributed by atoms with Crippen LogP contribution in [0.3, 0.4) is 0 Å². The highest BCUT2D eigenvalue weighted by Gasteiger charge is 2.18. The molecular weight excluding hydrogens is 390 g/mol. The standard InChI is InChI=1S/C22H22ClN3O3/c1-4-26(5-2)22(29)16-11-10-14(12-18(16)23)24-21(28)17-13-20(27)25(3)19-9-7-6-8-15(17)19/h6-13H,4-5H2,1-3H3,(H,24,28). The topological polar surface area (TPSA) is 71.4 Å². The molecule has 0 atom stereocenters. The minimum atomic E-state index is -0.419. The van der Waals surface area contributed by atoms with Crippen molar-refractivity contribution in [3.8, 4) is 0 Å². The molecule has 6 nitrogen and oxygen atoms in total. The summed E-state index contributed by atoms with van der Waals surface area (Å²) in [5, 5.41) is 3.70. The fourth-order valence-electron chi connectivity index (χ4n) is 3.24. The van der Waals surface area contributed by atoms with Crippen molar-refractivity contribution in [1.82, 2.24) is 9.47 Å². The number of carbonyl (C=O) groups excluding carboxylic acids is 2. The minimum absolute atomic E-state index is 0.157. The van der Waals surface area contributed by atoms with Crippen LogP contribution in [0.25, 0.3) is 10.9 Å². The lowest BCUT2D eigenvalue weighted by atomic mass is 10.1. The molecule has 0 unspecified atom stereocenters. The first-order valence-electron chi connectivity index (χ1n) is 9.36. The summed E-state index contributed by atoms with van der Waals surface area (Å²) in [5.41, 5.74) is 1.51. The van der Waals surface area contributed by atoms with Crippen LogP contribution in [-0.2, 0) is 7.05 Å². The number of benzene rings is 2. The van der Waals surface area contributed by atoms with Gasteiger partial charge in [0.05, 0.1) is 21.7 Å². The van der Waals surface area contributed by atoms with Gasteiger partial charge in [-0.15, -0.1) is 0 Å². The van der Waals surface area contributed by atoms with Gasteiger partial charge in [-0.3, -0.25) is 14.4 Å². The van der Waals surface area contributed by atoms with Crippen LogP contribution < -0.4 is 10.9 Å². The zero-order chi connectivity index (χ0) is 21.1. The monoisotopic (exact) mass is 411 g/mol. The summed E-state index contributed by atoms with van der Waals surface area (Å²) in [6.45, 7) is 4.97. The number of nitrogens with one attached hydrogen (secondary N) is 1. The molecule has 1 N–H and O–H groups in total. The average molecular weight is 412 g/mol. The summed E-state index contributed by atoms with van der Waals surface area (Å²) in [4.78, 5) is 39.3. The first kappa shape index (κ1) is 20.6. The molecule has 0 aliphatic carbocycles. The molecule has 150 valence electrons. The number of hydrogen-bond acceptors (Lipinski definition) is 3. The summed E-state index contributed by atoms with van der Waals surface area (Å²) in [6.07, 6.45) is 0. The Hall–Kier alpha value is -3.12. The summed E-state index contributed by atoms with van der Waals surface area (Å²) in [7, 11) is 1.66. The fraction of sp³-hybridized carbons (Fsp3) is 0.227. The van der Waals surface area contributed by atoms with E-state index in [-0.39, 0.29) is 22.1 Å². The second-order valence-electron chi connectivity index (χ2n) is 6.60. The van der Waals surface area contributed by atoms with Crippen molar-refractivity contribution < 1.29 is 9.59 Å². The van der Waals surface area contributed by atoms with Gasteiger partial charge in [-0.25, -0.2) is 0 Å². The molecule has 7 heteroatoms. The molecule has 0 aliphatic heterocycles. The number of fused-ring (bicyclic) bond motifs is 1. The van der Waals surface area contributed by atoms with Crippen molar-refractivity contribution in [2.75, 3.05) is 18.4 Å². The molecular formula is C22H22ClN3O3. The number of halogens is 1. The van der Waals surface area contributed by atoms with Crippen LogP contribution in [0.5, 0.6) is 0 Å². The highest BCUT2D eigenvalue weighted by Crippen LogP contribution is 2.24. The molecule has 0 spiro atoms. The number of anilines is 1. The van der Waals surface area contributed by atoms with Crippen LogP contribution in [0.15, 0.2) is 53.3 Å². The number of hydrogen-bond donors (Lipinski definition) is 1. The van der Waals surface area contributed by atoms with Crippen LogP contribution >= 0.6 is 11.6 Å². The molecule has 2 aromatic carbocycles. The first-order chi connectivity index (χ1) is 13.9. The van der Waals surface area contributed by atoms with Gasteiger partial charge in [0.25, 0.3) is 17.4 Å². The summed E-state index contributed by atoms with van der Waals surface area (Å²) >= 11 is 6.30. The predicted octanol–water partition coefficient (Wildman–Crippen LogP) is 3.93. The van der Waals surface area contributed by atoms with Crippen LogP contribution in [0.4, 0.5) is 5.69 Å². The van der Waals surface area contributed by atoms with Gasteiger partial charge in [-0.1, -0.05) is 29.8 Å². The second kappa shape index (κ2) is 8.49. The van der Waals surface area contributed by atoms with Crippen LogP contribution in [0.2, 0.25) is 5.02 Å². The number of carbonyl (C=O) groups is 2. The molecule has 0 saturated heterocycles. The minimum Gasteiger partial charge on any atom is -0.339 e. The van der Waals surface area contributed by atoms with Crippen molar-refractivity contribution in [2.45, 2.75) is 13.8 Å². The van der Waals surface area contributed by atoms with Gasteiger partial charge in [-0.05, 0) is 38.1 Å². The first-order valence-corrected chi connectivity index (χ1v) is 9.74. The maximum Gasteiger partial charge on any atom is 0.256 e. The van der Waals surface area contributed by atoms with E-state index in [9.17, 15) is 14.4 Å². The summed E-state index contributed by atoms with van der Waals surface area (Å²) in [5.74, 6) is -0.576. The van der Waals surface area contributed by atoms with E-state index in [2.05, 4.69) is 5.32 Å². The van der Waals surface area contributed by atoms with E-state index in [1.54, 1.807) is 42.3 Å². The van der Waals surface area contributed by atoms with Crippen molar-refractivity contribution in [3.05, 3.63) is 75.0 Å². The Labute approximate surface area is 173 Å². The third-order valence-corrected chi connectivity index (χ3v) is 5.22. The van der Waals surface area contributed by atoms with Crippen molar-refractivity contribution in [2.24, 2.45) is 7.05 Å². The second-order valence-corrected chi connectivity index (χ2v) is 7.01. The lowest BCUT2D eigenvalue weighted by Gasteiger charge is -2.19. The SMILES string of the molecule is CCN(CC)C(=O)c1ccc(NC(=O)c2cc(=O)n(C)c3ccccc23)cc1Cl. The summed E-state index contributed by atoms with van der Waals surface area (Å²) < 4.78 is 1.50. The molecule has 1 heterocycles. The van der Waals surface area contributed by atoms with Gasteiger partial charge in [0.1, 0.15) is 0 Å². The van der Waals surface area contributed by atoms with Crippen molar-refractivity contribution in [3.63, 3.8) is 0 Å². The molecule has 0 saturated carbocycles. The third-order valence-electron chi connectivity index (χ3n) is 4.91. The largest absolute Gasteiger partial charge is 0.339 e. The Morgan fingerprint density at radius 3 is 2.38 bits per heavy atom. The Balaban J connectivity index is 1.92. The molecule has 3 aromatic rings. The number of aromatic nitrogens is 1. The predicted molar refractivity (Wildman–Crippen MR) is 116 cm³/mol. The molecule has 0 radical (unpaired) electrons. The van der Waals surface area contributed by atoms with E-state index >= 15 is 0 Å².